The van der Waals surface area contributed by atoms with Gasteiger partial charge in [0.25, 0.3) is 5.91 Å². The van der Waals surface area contributed by atoms with Crippen LogP contribution in [0.2, 0.25) is 0 Å². The van der Waals surface area contributed by atoms with Gasteiger partial charge in [0.1, 0.15) is 17.7 Å². The Labute approximate surface area is 165 Å². The largest absolute Gasteiger partial charge is 0.418 e. The van der Waals surface area contributed by atoms with Gasteiger partial charge in [-0.15, -0.1) is 10.2 Å². The summed E-state index contributed by atoms with van der Waals surface area (Å²) in [7, 11) is 0. The average Bonchev–Trinajstić information content (AvgIpc) is 3.23. The molecule has 0 saturated heterocycles. The number of rotatable bonds is 5. The molecule has 144 valence electrons. The molecule has 0 aliphatic rings. The van der Waals surface area contributed by atoms with Crippen LogP contribution >= 0.6 is 0 Å². The smallest absolute Gasteiger partial charge is 0.252 e. The number of nitrogens with one attached hydrogen (secondary N) is 1. The first kappa shape index (κ1) is 18.5. The summed E-state index contributed by atoms with van der Waals surface area (Å²) >= 11 is 0. The summed E-state index contributed by atoms with van der Waals surface area (Å²) in [6, 6.07) is 19.2. The second kappa shape index (κ2) is 8.02. The van der Waals surface area contributed by atoms with E-state index in [1.807, 2.05) is 30.3 Å². The molecule has 0 bridgehead atoms. The maximum atomic E-state index is 13.5. The van der Waals surface area contributed by atoms with E-state index in [4.69, 9.17) is 4.42 Å². The van der Waals surface area contributed by atoms with Crippen molar-refractivity contribution < 1.29 is 18.0 Å². The van der Waals surface area contributed by atoms with Crippen LogP contribution in [0, 0.1) is 11.6 Å². The molecule has 0 spiro atoms. The van der Waals surface area contributed by atoms with Crippen molar-refractivity contribution >= 4 is 5.91 Å². The predicted molar refractivity (Wildman–Crippen MR) is 102 cm³/mol. The highest BCUT2D eigenvalue weighted by atomic mass is 19.1. The molecule has 4 rings (SSSR count). The fourth-order valence-corrected chi connectivity index (χ4v) is 2.84. The third-order valence-electron chi connectivity index (χ3n) is 4.27. The van der Waals surface area contributed by atoms with Crippen LogP contribution in [0.15, 0.2) is 83.3 Å². The van der Waals surface area contributed by atoms with Crippen LogP contribution in [0.1, 0.15) is 27.9 Å². The zero-order chi connectivity index (χ0) is 20.2. The van der Waals surface area contributed by atoms with Crippen LogP contribution in [0.25, 0.3) is 11.5 Å². The minimum Gasteiger partial charge on any atom is -0.418 e. The molecule has 0 saturated carbocycles. The van der Waals surface area contributed by atoms with Crippen LogP contribution in [0.5, 0.6) is 0 Å². The van der Waals surface area contributed by atoms with Gasteiger partial charge in [0.05, 0.1) is 0 Å². The Hall–Kier alpha value is -3.87. The zero-order valence-electron chi connectivity index (χ0n) is 15.0. The molecular weight excluding hydrogens is 376 g/mol. The van der Waals surface area contributed by atoms with E-state index in [1.54, 1.807) is 0 Å². The summed E-state index contributed by atoms with van der Waals surface area (Å²) < 4.78 is 32.6. The second-order valence-electron chi connectivity index (χ2n) is 6.28. The monoisotopic (exact) mass is 391 g/mol. The molecule has 0 fully saturated rings. The first-order valence-electron chi connectivity index (χ1n) is 8.81. The van der Waals surface area contributed by atoms with Gasteiger partial charge >= 0.3 is 0 Å². The topological polar surface area (TPSA) is 68.0 Å². The van der Waals surface area contributed by atoms with Crippen LogP contribution in [0.4, 0.5) is 8.78 Å². The van der Waals surface area contributed by atoms with Gasteiger partial charge in [0, 0.05) is 11.1 Å². The lowest BCUT2D eigenvalue weighted by molar-refractivity contribution is 0.0937. The van der Waals surface area contributed by atoms with Gasteiger partial charge in [-0.05, 0) is 48.0 Å². The number of carbonyl (C=O) groups excluding carboxylic acids is 1. The van der Waals surface area contributed by atoms with Crippen molar-refractivity contribution in [3.8, 4) is 11.5 Å². The summed E-state index contributed by atoms with van der Waals surface area (Å²) in [5, 5.41) is 10.9. The number of nitrogens with zero attached hydrogens (tertiary/aromatic N) is 2. The third-order valence-corrected chi connectivity index (χ3v) is 4.27. The van der Waals surface area contributed by atoms with E-state index < -0.39 is 23.6 Å². The van der Waals surface area contributed by atoms with E-state index in [9.17, 15) is 13.6 Å². The molecule has 1 heterocycles. The average molecular weight is 391 g/mol. The highest BCUT2D eigenvalue weighted by Crippen LogP contribution is 2.25. The highest BCUT2D eigenvalue weighted by Gasteiger charge is 2.24. The van der Waals surface area contributed by atoms with Crippen molar-refractivity contribution in [3.63, 3.8) is 0 Å². The van der Waals surface area contributed by atoms with E-state index in [1.165, 1.54) is 42.5 Å². The number of hydrogen-bond acceptors (Lipinski definition) is 4. The third kappa shape index (κ3) is 4.19. The lowest BCUT2D eigenvalue weighted by Gasteiger charge is -2.16. The molecule has 1 amide bonds. The van der Waals surface area contributed by atoms with Crippen LogP contribution < -0.4 is 5.32 Å². The number of aromatic nitrogens is 2. The highest BCUT2D eigenvalue weighted by molar-refractivity contribution is 5.94. The molecule has 0 radical (unpaired) electrons. The Kier molecular flexibility index (Phi) is 5.11. The Bertz CT molecular complexity index is 1130. The van der Waals surface area contributed by atoms with E-state index in [2.05, 4.69) is 15.5 Å². The molecule has 29 heavy (non-hydrogen) atoms. The molecule has 4 aromatic rings. The standard InChI is InChI=1S/C22H15F2N3O2/c23-17-11-9-14(10-12-17)19(25-20(28)16-7-4-8-18(24)13-16)22-27-26-21(29-22)15-5-2-1-3-6-15/h1-13,19H,(H,25,28)/t19-/m1/s1. The Morgan fingerprint density at radius 1 is 0.862 bits per heavy atom. The van der Waals surface area contributed by atoms with Gasteiger partial charge in [-0.2, -0.15) is 0 Å². The second-order valence-corrected chi connectivity index (χ2v) is 6.28. The lowest BCUT2D eigenvalue weighted by atomic mass is 10.1. The zero-order valence-corrected chi connectivity index (χ0v) is 15.0. The minimum atomic E-state index is -0.837. The normalized spacial score (nSPS) is 11.8. The first-order chi connectivity index (χ1) is 14.1. The fraction of sp³-hybridized carbons (Fsp3) is 0.0455. The van der Waals surface area contributed by atoms with E-state index in [0.29, 0.717) is 5.56 Å². The Morgan fingerprint density at radius 3 is 2.34 bits per heavy atom. The lowest BCUT2D eigenvalue weighted by Crippen LogP contribution is -2.29. The summed E-state index contributed by atoms with van der Waals surface area (Å²) in [5.74, 6) is -1.06. The van der Waals surface area contributed by atoms with Crippen molar-refractivity contribution in [1.82, 2.24) is 15.5 Å². The molecular formula is C22H15F2N3O2. The molecule has 0 aliphatic heterocycles. The number of amides is 1. The molecule has 1 atom stereocenters. The molecule has 1 aromatic heterocycles. The van der Waals surface area contributed by atoms with Crippen molar-refractivity contribution in [2.45, 2.75) is 6.04 Å². The van der Waals surface area contributed by atoms with Gasteiger partial charge in [-0.25, -0.2) is 8.78 Å². The first-order valence-corrected chi connectivity index (χ1v) is 8.81. The molecule has 1 N–H and O–H groups in total. The van der Waals surface area contributed by atoms with Gasteiger partial charge in [-0.1, -0.05) is 36.4 Å². The van der Waals surface area contributed by atoms with Gasteiger partial charge in [-0.3, -0.25) is 4.79 Å². The van der Waals surface area contributed by atoms with Crippen molar-refractivity contribution in [1.29, 1.82) is 0 Å². The number of benzene rings is 3. The van der Waals surface area contributed by atoms with Crippen molar-refractivity contribution in [2.24, 2.45) is 0 Å². The Balaban J connectivity index is 1.68. The predicted octanol–water partition coefficient (Wildman–Crippen LogP) is 4.53. The summed E-state index contributed by atoms with van der Waals surface area (Å²) in [6.45, 7) is 0. The maximum absolute atomic E-state index is 13.5. The van der Waals surface area contributed by atoms with Crippen LogP contribution in [-0.2, 0) is 0 Å². The van der Waals surface area contributed by atoms with Crippen molar-refractivity contribution in [2.75, 3.05) is 0 Å². The maximum Gasteiger partial charge on any atom is 0.252 e. The molecule has 0 unspecified atom stereocenters. The summed E-state index contributed by atoms with van der Waals surface area (Å²) in [5.41, 5.74) is 1.40. The molecule has 5 nitrogen and oxygen atoms in total. The SMILES string of the molecule is O=C(N[C@H](c1ccc(F)cc1)c1nnc(-c2ccccc2)o1)c1cccc(F)c1. The fourth-order valence-electron chi connectivity index (χ4n) is 2.84. The molecule has 7 heteroatoms. The van der Waals surface area contributed by atoms with Crippen LogP contribution in [-0.4, -0.2) is 16.1 Å². The Morgan fingerprint density at radius 2 is 1.62 bits per heavy atom. The van der Waals surface area contributed by atoms with Gasteiger partial charge in [0.15, 0.2) is 0 Å². The number of carbonyl (C=O) groups is 1. The van der Waals surface area contributed by atoms with Gasteiger partial charge < -0.3 is 9.73 Å². The van der Waals surface area contributed by atoms with Gasteiger partial charge in [0.2, 0.25) is 11.8 Å². The quantitative estimate of drug-likeness (QED) is 0.543. The number of halogens is 2. The molecule has 0 aliphatic carbocycles. The van der Waals surface area contributed by atoms with E-state index in [0.717, 1.165) is 11.6 Å². The van der Waals surface area contributed by atoms with Crippen LogP contribution in [0.3, 0.4) is 0 Å². The summed E-state index contributed by atoms with van der Waals surface area (Å²) in [6.07, 6.45) is 0. The molecule has 3 aromatic carbocycles. The summed E-state index contributed by atoms with van der Waals surface area (Å²) in [4.78, 5) is 12.7. The van der Waals surface area contributed by atoms with E-state index >= 15 is 0 Å². The van der Waals surface area contributed by atoms with E-state index in [-0.39, 0.29) is 17.3 Å². The number of hydrogen-bond donors (Lipinski definition) is 1. The van der Waals surface area contributed by atoms with Crippen molar-refractivity contribution in [3.05, 3.63) is 108 Å². The minimum absolute atomic E-state index is 0.125.